The second-order valence-corrected chi connectivity index (χ2v) is 10.6. The molecule has 1 aromatic carbocycles. The van der Waals surface area contributed by atoms with Gasteiger partial charge in [-0.3, -0.25) is 14.4 Å². The predicted octanol–water partition coefficient (Wildman–Crippen LogP) is 4.24. The Kier molecular flexibility index (Phi) is 8.85. The van der Waals surface area contributed by atoms with Crippen molar-refractivity contribution in [3.63, 3.8) is 0 Å². The van der Waals surface area contributed by atoms with Gasteiger partial charge in [0.15, 0.2) is 0 Å². The molecule has 2 aromatic rings. The molecule has 2 amide bonds. The van der Waals surface area contributed by atoms with E-state index in [1.54, 1.807) is 12.4 Å². The summed E-state index contributed by atoms with van der Waals surface area (Å²) in [6, 6.07) is 4.32. The van der Waals surface area contributed by atoms with Crippen LogP contribution in [0.4, 0.5) is 4.39 Å². The number of carbonyl (C=O) groups excluding carboxylic acids is 3. The fourth-order valence-corrected chi connectivity index (χ4v) is 6.33. The first-order valence-electron chi connectivity index (χ1n) is 13.0. The van der Waals surface area contributed by atoms with E-state index in [2.05, 4.69) is 15.6 Å². The van der Waals surface area contributed by atoms with Crippen molar-refractivity contribution < 1.29 is 18.8 Å². The number of ketones is 1. The number of halogens is 1. The van der Waals surface area contributed by atoms with Gasteiger partial charge >= 0.3 is 0 Å². The lowest BCUT2D eigenvalue weighted by atomic mass is 9.83. The van der Waals surface area contributed by atoms with E-state index in [0.717, 1.165) is 50.0 Å². The summed E-state index contributed by atoms with van der Waals surface area (Å²) in [6.45, 7) is 2.55. The van der Waals surface area contributed by atoms with E-state index in [1.165, 1.54) is 35.6 Å². The molecule has 0 spiro atoms. The summed E-state index contributed by atoms with van der Waals surface area (Å²) in [7, 11) is 1.76. The molecule has 4 rings (SSSR count). The molecule has 9 heteroatoms. The highest BCUT2D eigenvalue weighted by Crippen LogP contribution is 2.36. The first-order valence-corrected chi connectivity index (χ1v) is 13.8. The zero-order valence-electron chi connectivity index (χ0n) is 21.0. The number of rotatable bonds is 9. The Balaban J connectivity index is 1.53. The average molecular weight is 515 g/mol. The molecule has 194 valence electrons. The van der Waals surface area contributed by atoms with Gasteiger partial charge in [0.05, 0.1) is 12.1 Å². The zero-order valence-corrected chi connectivity index (χ0v) is 21.8. The minimum Gasteiger partial charge on any atom is -0.343 e. The maximum absolute atomic E-state index is 13.9. The summed E-state index contributed by atoms with van der Waals surface area (Å²) in [5.41, 5.74) is 0.681. The van der Waals surface area contributed by atoms with Crippen LogP contribution in [0.3, 0.4) is 0 Å². The van der Waals surface area contributed by atoms with Gasteiger partial charge in [0, 0.05) is 17.5 Å². The minimum absolute atomic E-state index is 0.0506. The van der Waals surface area contributed by atoms with Gasteiger partial charge in [-0.2, -0.15) is 0 Å². The van der Waals surface area contributed by atoms with Crippen LogP contribution in [0.5, 0.6) is 0 Å². The van der Waals surface area contributed by atoms with Gasteiger partial charge in [0.1, 0.15) is 22.6 Å². The molecule has 0 radical (unpaired) electrons. The third-order valence-corrected chi connectivity index (χ3v) is 8.39. The van der Waals surface area contributed by atoms with Gasteiger partial charge in [-0.25, -0.2) is 9.37 Å². The summed E-state index contributed by atoms with van der Waals surface area (Å²) in [5, 5.41) is 8.56. The molecular weight excluding hydrogens is 479 g/mol. The van der Waals surface area contributed by atoms with Gasteiger partial charge in [-0.1, -0.05) is 26.2 Å². The predicted molar refractivity (Wildman–Crippen MR) is 137 cm³/mol. The number of thiazole rings is 1. The number of benzene rings is 1. The number of amides is 2. The van der Waals surface area contributed by atoms with Crippen molar-refractivity contribution in [3.05, 3.63) is 51.7 Å². The smallest absolute Gasteiger partial charge is 0.246 e. The summed E-state index contributed by atoms with van der Waals surface area (Å²) < 4.78 is 13.3. The lowest BCUT2D eigenvalue weighted by Crippen LogP contribution is -2.56. The molecule has 1 saturated carbocycles. The van der Waals surface area contributed by atoms with E-state index < -0.39 is 11.9 Å². The van der Waals surface area contributed by atoms with Crippen molar-refractivity contribution in [2.24, 2.45) is 5.92 Å². The van der Waals surface area contributed by atoms with E-state index in [1.807, 2.05) is 11.8 Å². The fourth-order valence-electron chi connectivity index (χ4n) is 5.38. The van der Waals surface area contributed by atoms with Crippen LogP contribution in [0.1, 0.15) is 85.4 Å². The molecule has 1 saturated heterocycles. The Morgan fingerprint density at radius 1 is 1.11 bits per heavy atom. The standard InChI is InChI=1S/C27H35FN4O3S/c1-3-20(29-2)25(34)31-23(17-8-5-4-6-9-17)27(35)32-15-7-10-22(32)26-30-21(16-36-26)24(33)18-11-13-19(28)14-12-18/h11-14,16-17,20,22-23,29H,3-10,15H2,1-2H3,(H,31,34)/t20?,22-,23-/m0/s1. The van der Waals surface area contributed by atoms with Gasteiger partial charge in [0.25, 0.3) is 0 Å². The largest absolute Gasteiger partial charge is 0.343 e. The van der Waals surface area contributed by atoms with Crippen LogP contribution in [0.15, 0.2) is 29.6 Å². The maximum atomic E-state index is 13.9. The minimum atomic E-state index is -0.555. The third-order valence-electron chi connectivity index (χ3n) is 7.44. The van der Waals surface area contributed by atoms with Crippen LogP contribution in [0, 0.1) is 11.7 Å². The highest BCUT2D eigenvalue weighted by atomic mass is 32.1. The lowest BCUT2D eigenvalue weighted by molar-refractivity contribution is -0.139. The van der Waals surface area contributed by atoms with Crippen molar-refractivity contribution >= 4 is 28.9 Å². The molecule has 1 aliphatic heterocycles. The Morgan fingerprint density at radius 2 is 1.83 bits per heavy atom. The number of carbonyl (C=O) groups is 3. The lowest BCUT2D eigenvalue weighted by Gasteiger charge is -2.35. The summed E-state index contributed by atoms with van der Waals surface area (Å²) in [6.07, 6.45) is 7.41. The second-order valence-electron chi connectivity index (χ2n) is 9.73. The summed E-state index contributed by atoms with van der Waals surface area (Å²) >= 11 is 1.37. The van der Waals surface area contributed by atoms with Crippen LogP contribution < -0.4 is 10.6 Å². The molecular formula is C27H35FN4O3S. The molecule has 2 fully saturated rings. The maximum Gasteiger partial charge on any atom is 0.246 e. The molecule has 1 unspecified atom stereocenters. The topological polar surface area (TPSA) is 91.4 Å². The first-order chi connectivity index (χ1) is 17.4. The monoisotopic (exact) mass is 514 g/mol. The first kappa shape index (κ1) is 26.4. The third kappa shape index (κ3) is 5.83. The Bertz CT molecular complexity index is 1060. The second kappa shape index (κ2) is 12.1. The Morgan fingerprint density at radius 3 is 2.50 bits per heavy atom. The van der Waals surface area contributed by atoms with Crippen molar-refractivity contribution in [1.82, 2.24) is 20.5 Å². The van der Waals surface area contributed by atoms with E-state index in [0.29, 0.717) is 24.2 Å². The van der Waals surface area contributed by atoms with Crippen LogP contribution in [0.2, 0.25) is 0 Å². The molecule has 2 N–H and O–H groups in total. The van der Waals surface area contributed by atoms with E-state index in [4.69, 9.17) is 0 Å². The SMILES string of the molecule is CCC(NC)C(=O)N[C@H](C(=O)N1CCC[C@H]1c1nc(C(=O)c2ccc(F)cc2)cs1)C1CCCCC1. The van der Waals surface area contributed by atoms with Crippen LogP contribution >= 0.6 is 11.3 Å². The van der Waals surface area contributed by atoms with Crippen molar-refractivity contribution in [1.29, 1.82) is 0 Å². The molecule has 1 aliphatic carbocycles. The number of nitrogens with one attached hydrogen (secondary N) is 2. The molecule has 0 bridgehead atoms. The van der Waals surface area contributed by atoms with Crippen molar-refractivity contribution in [3.8, 4) is 0 Å². The van der Waals surface area contributed by atoms with Gasteiger partial charge < -0.3 is 15.5 Å². The molecule has 2 heterocycles. The van der Waals surface area contributed by atoms with E-state index in [9.17, 15) is 18.8 Å². The molecule has 2 aliphatic rings. The van der Waals surface area contributed by atoms with E-state index >= 15 is 0 Å². The fraction of sp³-hybridized carbons (Fsp3) is 0.556. The van der Waals surface area contributed by atoms with Crippen LogP contribution in [-0.2, 0) is 9.59 Å². The van der Waals surface area contributed by atoms with Gasteiger partial charge in [0.2, 0.25) is 17.6 Å². The summed E-state index contributed by atoms with van der Waals surface area (Å²) in [5.74, 6) is -0.729. The van der Waals surface area contributed by atoms with Gasteiger partial charge in [-0.15, -0.1) is 11.3 Å². The number of hydrogen-bond donors (Lipinski definition) is 2. The number of likely N-dealkylation sites (tertiary alicyclic amines) is 1. The van der Waals surface area contributed by atoms with Crippen molar-refractivity contribution in [2.45, 2.75) is 76.4 Å². The molecule has 3 atom stereocenters. The highest BCUT2D eigenvalue weighted by molar-refractivity contribution is 7.10. The van der Waals surface area contributed by atoms with Crippen LogP contribution in [0.25, 0.3) is 0 Å². The Hall–Kier alpha value is -2.65. The molecule has 1 aromatic heterocycles. The summed E-state index contributed by atoms with van der Waals surface area (Å²) in [4.78, 5) is 46.2. The molecule has 36 heavy (non-hydrogen) atoms. The quantitative estimate of drug-likeness (QED) is 0.489. The Labute approximate surface area is 215 Å². The zero-order chi connectivity index (χ0) is 25.7. The number of aromatic nitrogens is 1. The molecule has 7 nitrogen and oxygen atoms in total. The van der Waals surface area contributed by atoms with Gasteiger partial charge in [-0.05, 0) is 69.3 Å². The van der Waals surface area contributed by atoms with Crippen LogP contribution in [-0.4, -0.2) is 53.2 Å². The number of hydrogen-bond acceptors (Lipinski definition) is 6. The normalized spacial score (nSPS) is 20.2. The number of likely N-dealkylation sites (N-methyl/N-ethyl adjacent to an activating group) is 1. The number of nitrogens with zero attached hydrogens (tertiary/aromatic N) is 2. The van der Waals surface area contributed by atoms with Crippen molar-refractivity contribution in [2.75, 3.05) is 13.6 Å². The highest BCUT2D eigenvalue weighted by Gasteiger charge is 2.40. The average Bonchev–Trinajstić information content (AvgIpc) is 3.58. The van der Waals surface area contributed by atoms with E-state index in [-0.39, 0.29) is 35.6 Å².